The summed E-state index contributed by atoms with van der Waals surface area (Å²) in [7, 11) is 0. The van der Waals surface area contributed by atoms with Crippen molar-refractivity contribution in [3.8, 4) is 18.1 Å². The predicted molar refractivity (Wildman–Crippen MR) is 146 cm³/mol. The lowest BCUT2D eigenvalue weighted by molar-refractivity contribution is -0.141. The Morgan fingerprint density at radius 3 is 2.32 bits per heavy atom. The van der Waals surface area contributed by atoms with Crippen LogP contribution in [0.2, 0.25) is 0 Å². The smallest absolute Gasteiger partial charge is 0.330 e. The molecule has 0 aromatic heterocycles. The summed E-state index contributed by atoms with van der Waals surface area (Å²) in [6.45, 7) is 6.51. The Balaban J connectivity index is 1.37. The van der Waals surface area contributed by atoms with Crippen LogP contribution in [0.3, 0.4) is 0 Å². The van der Waals surface area contributed by atoms with E-state index in [9.17, 15) is 9.59 Å². The number of hydrogen-bond donors (Lipinski definition) is 0. The minimum atomic E-state index is -0.413. The molecule has 0 saturated heterocycles. The van der Waals surface area contributed by atoms with Crippen molar-refractivity contribution in [1.29, 1.82) is 0 Å². The summed E-state index contributed by atoms with van der Waals surface area (Å²) in [4.78, 5) is 23.8. The number of carbonyl (C=O) groups is 2. The molecule has 0 amide bonds. The van der Waals surface area contributed by atoms with Crippen molar-refractivity contribution in [1.82, 2.24) is 0 Å². The molecule has 37 heavy (non-hydrogen) atoms. The van der Waals surface area contributed by atoms with Gasteiger partial charge in [-0.05, 0) is 61.6 Å². The first kappa shape index (κ1) is 29.0. The molecular formula is C32H44O5. The third-order valence-corrected chi connectivity index (χ3v) is 8.00. The number of rotatable bonds is 13. The highest BCUT2D eigenvalue weighted by atomic mass is 16.5. The maximum atomic E-state index is 12.7. The molecule has 0 spiro atoms. The molecule has 0 bridgehead atoms. The topological polar surface area (TPSA) is 61.8 Å². The maximum Gasteiger partial charge on any atom is 0.330 e. The molecule has 2 saturated carbocycles. The SMILES string of the molecule is C#CC(CC1CCC(CCC)CC1)c1ccc(OC(=O)C2CCC(OCCCOC(=O)C=C)CC2)cc1. The van der Waals surface area contributed by atoms with Crippen LogP contribution in [0.4, 0.5) is 0 Å². The first-order valence-electron chi connectivity index (χ1n) is 14.2. The molecule has 5 heteroatoms. The van der Waals surface area contributed by atoms with Crippen molar-refractivity contribution in [3.63, 3.8) is 0 Å². The third kappa shape index (κ3) is 9.67. The fourth-order valence-corrected chi connectivity index (χ4v) is 5.77. The molecule has 1 unspecified atom stereocenters. The summed E-state index contributed by atoms with van der Waals surface area (Å²) in [6, 6.07) is 7.80. The van der Waals surface area contributed by atoms with Crippen LogP contribution < -0.4 is 4.74 Å². The van der Waals surface area contributed by atoms with Crippen LogP contribution in [0.15, 0.2) is 36.9 Å². The van der Waals surface area contributed by atoms with E-state index in [1.54, 1.807) is 0 Å². The molecule has 0 radical (unpaired) electrons. The molecule has 1 aromatic rings. The molecule has 2 aliphatic rings. The zero-order valence-corrected chi connectivity index (χ0v) is 22.5. The quantitative estimate of drug-likeness (QED) is 0.0944. The van der Waals surface area contributed by atoms with Crippen molar-refractivity contribution < 1.29 is 23.8 Å². The minimum Gasteiger partial charge on any atom is -0.462 e. The van der Waals surface area contributed by atoms with Gasteiger partial charge in [-0.3, -0.25) is 4.79 Å². The zero-order chi connectivity index (χ0) is 26.5. The summed E-state index contributed by atoms with van der Waals surface area (Å²) < 4.78 is 16.5. The zero-order valence-electron chi connectivity index (χ0n) is 22.5. The summed E-state index contributed by atoms with van der Waals surface area (Å²) in [5.41, 5.74) is 1.13. The van der Waals surface area contributed by atoms with Gasteiger partial charge in [0.05, 0.1) is 25.2 Å². The van der Waals surface area contributed by atoms with Gasteiger partial charge in [-0.1, -0.05) is 70.1 Å². The largest absolute Gasteiger partial charge is 0.462 e. The van der Waals surface area contributed by atoms with E-state index >= 15 is 0 Å². The second-order valence-electron chi connectivity index (χ2n) is 10.7. The van der Waals surface area contributed by atoms with Gasteiger partial charge in [0.15, 0.2) is 0 Å². The number of hydrogen-bond acceptors (Lipinski definition) is 5. The lowest BCUT2D eigenvalue weighted by Crippen LogP contribution is -2.29. The van der Waals surface area contributed by atoms with Gasteiger partial charge in [0.1, 0.15) is 5.75 Å². The van der Waals surface area contributed by atoms with Crippen molar-refractivity contribution >= 4 is 11.9 Å². The Bertz CT molecular complexity index is 883. The number of benzene rings is 1. The molecule has 2 fully saturated rings. The van der Waals surface area contributed by atoms with Crippen LogP contribution in [-0.4, -0.2) is 31.3 Å². The highest BCUT2D eigenvalue weighted by Gasteiger charge is 2.28. The Morgan fingerprint density at radius 1 is 1.03 bits per heavy atom. The van der Waals surface area contributed by atoms with E-state index in [0.717, 1.165) is 49.7 Å². The van der Waals surface area contributed by atoms with Crippen molar-refractivity contribution in [3.05, 3.63) is 42.5 Å². The van der Waals surface area contributed by atoms with Crippen LogP contribution in [0.5, 0.6) is 5.75 Å². The van der Waals surface area contributed by atoms with Crippen LogP contribution >= 0.6 is 0 Å². The molecule has 0 heterocycles. The highest BCUT2D eigenvalue weighted by Crippen LogP contribution is 2.37. The molecule has 2 aliphatic carbocycles. The van der Waals surface area contributed by atoms with Crippen LogP contribution in [0, 0.1) is 30.1 Å². The Morgan fingerprint density at radius 2 is 1.70 bits per heavy atom. The average Bonchev–Trinajstić information content (AvgIpc) is 2.93. The number of terminal acetylenes is 1. The van der Waals surface area contributed by atoms with Gasteiger partial charge in [0.2, 0.25) is 0 Å². The van der Waals surface area contributed by atoms with Gasteiger partial charge in [-0.2, -0.15) is 0 Å². The Labute approximate surface area is 223 Å². The summed E-state index contributed by atoms with van der Waals surface area (Å²) >= 11 is 0. The lowest BCUT2D eigenvalue weighted by Gasteiger charge is -2.30. The van der Waals surface area contributed by atoms with Gasteiger partial charge < -0.3 is 14.2 Å². The molecule has 202 valence electrons. The lowest BCUT2D eigenvalue weighted by atomic mass is 9.76. The second-order valence-corrected chi connectivity index (χ2v) is 10.7. The molecule has 0 N–H and O–H groups in total. The highest BCUT2D eigenvalue weighted by molar-refractivity contribution is 5.81. The third-order valence-electron chi connectivity index (χ3n) is 8.00. The number of esters is 2. The summed E-state index contributed by atoms with van der Waals surface area (Å²) in [6.07, 6.45) is 20.0. The maximum absolute atomic E-state index is 12.7. The van der Waals surface area contributed by atoms with E-state index in [1.807, 2.05) is 24.3 Å². The van der Waals surface area contributed by atoms with E-state index in [0.29, 0.717) is 31.3 Å². The fraction of sp³-hybridized carbons (Fsp3) is 0.625. The van der Waals surface area contributed by atoms with E-state index in [4.69, 9.17) is 20.6 Å². The molecule has 5 nitrogen and oxygen atoms in total. The van der Waals surface area contributed by atoms with E-state index in [-0.39, 0.29) is 23.9 Å². The predicted octanol–water partition coefficient (Wildman–Crippen LogP) is 7.00. The molecule has 3 rings (SSSR count). The average molecular weight is 509 g/mol. The Hall–Kier alpha value is -2.58. The van der Waals surface area contributed by atoms with E-state index < -0.39 is 5.97 Å². The first-order valence-corrected chi connectivity index (χ1v) is 14.2. The van der Waals surface area contributed by atoms with Crippen molar-refractivity contribution in [2.45, 2.75) is 96.0 Å². The number of carbonyl (C=O) groups excluding carboxylic acids is 2. The fourth-order valence-electron chi connectivity index (χ4n) is 5.77. The van der Waals surface area contributed by atoms with Crippen molar-refractivity contribution in [2.24, 2.45) is 17.8 Å². The normalized spacial score (nSPS) is 24.4. The van der Waals surface area contributed by atoms with Gasteiger partial charge in [0, 0.05) is 18.4 Å². The van der Waals surface area contributed by atoms with Crippen LogP contribution in [-0.2, 0) is 19.1 Å². The van der Waals surface area contributed by atoms with E-state index in [1.165, 1.54) is 38.5 Å². The monoisotopic (exact) mass is 508 g/mol. The van der Waals surface area contributed by atoms with E-state index in [2.05, 4.69) is 19.4 Å². The van der Waals surface area contributed by atoms with Crippen LogP contribution in [0.25, 0.3) is 0 Å². The van der Waals surface area contributed by atoms with Gasteiger partial charge in [-0.25, -0.2) is 4.79 Å². The van der Waals surface area contributed by atoms with Gasteiger partial charge in [-0.15, -0.1) is 6.42 Å². The minimum absolute atomic E-state index is 0.102. The summed E-state index contributed by atoms with van der Waals surface area (Å²) in [5, 5.41) is 0. The van der Waals surface area contributed by atoms with Crippen molar-refractivity contribution in [2.75, 3.05) is 13.2 Å². The summed E-state index contributed by atoms with van der Waals surface area (Å²) in [5.74, 6) is 4.63. The Kier molecular flexibility index (Phi) is 12.2. The van der Waals surface area contributed by atoms with Gasteiger partial charge >= 0.3 is 11.9 Å². The molecule has 1 atom stereocenters. The molecule has 0 aliphatic heterocycles. The van der Waals surface area contributed by atoms with Crippen LogP contribution in [0.1, 0.15) is 95.5 Å². The molecule has 1 aromatic carbocycles. The standard InChI is InChI=1S/C32H44O5/c1-4-8-24-9-11-25(12-10-24)23-26(5-2)27-13-19-30(20-14-27)37-32(34)28-15-17-29(18-16-28)35-21-7-22-36-31(33)6-3/h2,6,13-14,19-20,24-26,28-29H,3-4,7-12,15-18,21-23H2,1H3. The molecular weight excluding hydrogens is 464 g/mol. The van der Waals surface area contributed by atoms with Gasteiger partial charge in [0.25, 0.3) is 0 Å². The first-order chi connectivity index (χ1) is 18.0. The second kappa shape index (κ2) is 15.6. The number of ether oxygens (including phenoxy) is 3.